The number of hydrogen-bond acceptors (Lipinski definition) is 4. The Morgan fingerprint density at radius 1 is 1.35 bits per heavy atom. The lowest BCUT2D eigenvalue weighted by Gasteiger charge is -2.18. The van der Waals surface area contributed by atoms with Crippen molar-refractivity contribution in [2.24, 2.45) is 0 Å². The zero-order valence-electron chi connectivity index (χ0n) is 11.0. The maximum Gasteiger partial charge on any atom is 0.246 e. The van der Waals surface area contributed by atoms with Crippen molar-refractivity contribution >= 4 is 21.6 Å². The van der Waals surface area contributed by atoms with Crippen LogP contribution in [0.15, 0.2) is 45.9 Å². The molecule has 1 aromatic carbocycles. The van der Waals surface area contributed by atoms with Crippen molar-refractivity contribution in [3.63, 3.8) is 0 Å². The van der Waals surface area contributed by atoms with Gasteiger partial charge in [-0.3, -0.25) is 0 Å². The Morgan fingerprint density at radius 3 is 2.70 bits per heavy atom. The molecule has 0 saturated heterocycles. The summed E-state index contributed by atoms with van der Waals surface area (Å²) in [6.45, 7) is 0.130. The largest absolute Gasteiger partial charge is 0.495 e. The average Bonchev–Trinajstić information content (AvgIpc) is 2.91. The second kappa shape index (κ2) is 5.87. The number of nitrogens with zero attached hydrogens (tertiary/aromatic N) is 1. The first-order valence-electron chi connectivity index (χ1n) is 5.77. The summed E-state index contributed by atoms with van der Waals surface area (Å²) in [7, 11) is -0.835. The van der Waals surface area contributed by atoms with Gasteiger partial charge in [-0.1, -0.05) is 11.6 Å². The fourth-order valence-corrected chi connectivity index (χ4v) is 3.28. The van der Waals surface area contributed by atoms with Crippen LogP contribution in [0.3, 0.4) is 0 Å². The van der Waals surface area contributed by atoms with Crippen molar-refractivity contribution in [2.75, 3.05) is 14.2 Å². The summed E-state index contributed by atoms with van der Waals surface area (Å²) in [5, 5.41) is 0.329. The van der Waals surface area contributed by atoms with Crippen LogP contribution in [-0.4, -0.2) is 26.9 Å². The van der Waals surface area contributed by atoms with Gasteiger partial charge in [-0.2, -0.15) is 4.31 Å². The number of hydrogen-bond donors (Lipinski definition) is 0. The molecule has 7 heteroatoms. The Balaban J connectivity index is 2.36. The predicted molar refractivity (Wildman–Crippen MR) is 75.4 cm³/mol. The molecular weight excluding hydrogens is 302 g/mol. The summed E-state index contributed by atoms with van der Waals surface area (Å²) in [5.41, 5.74) is 0. The van der Waals surface area contributed by atoms with E-state index in [2.05, 4.69) is 0 Å². The van der Waals surface area contributed by atoms with Crippen molar-refractivity contribution in [2.45, 2.75) is 11.4 Å². The topological polar surface area (TPSA) is 59.8 Å². The minimum atomic E-state index is -3.72. The Kier molecular flexibility index (Phi) is 4.37. The lowest BCUT2D eigenvalue weighted by molar-refractivity contribution is 0.388. The molecule has 0 amide bonds. The zero-order chi connectivity index (χ0) is 14.8. The highest BCUT2D eigenvalue weighted by molar-refractivity contribution is 7.89. The molecular formula is C13H14ClNO4S. The summed E-state index contributed by atoms with van der Waals surface area (Å²) in [5.74, 6) is 0.803. The van der Waals surface area contributed by atoms with E-state index >= 15 is 0 Å². The Morgan fingerprint density at radius 2 is 2.10 bits per heavy atom. The number of ether oxygens (including phenoxy) is 1. The number of methoxy groups -OCH3 is 1. The minimum absolute atomic E-state index is 0.0292. The van der Waals surface area contributed by atoms with Crippen LogP contribution < -0.4 is 4.74 Å². The zero-order valence-corrected chi connectivity index (χ0v) is 12.6. The van der Waals surface area contributed by atoms with Crippen LogP contribution in [0.25, 0.3) is 0 Å². The van der Waals surface area contributed by atoms with Crippen LogP contribution in [0.5, 0.6) is 5.75 Å². The molecule has 0 aliphatic rings. The van der Waals surface area contributed by atoms with Crippen molar-refractivity contribution in [1.29, 1.82) is 0 Å². The van der Waals surface area contributed by atoms with Gasteiger partial charge in [0.05, 0.1) is 19.9 Å². The molecule has 0 N–H and O–H groups in total. The fourth-order valence-electron chi connectivity index (χ4n) is 1.73. The van der Waals surface area contributed by atoms with Gasteiger partial charge in [-0.15, -0.1) is 0 Å². The van der Waals surface area contributed by atoms with Gasteiger partial charge in [0.15, 0.2) is 0 Å². The van der Waals surface area contributed by atoms with E-state index in [0.29, 0.717) is 10.8 Å². The molecule has 0 atom stereocenters. The molecule has 0 aliphatic heterocycles. The molecule has 2 aromatic rings. The molecule has 1 aromatic heterocycles. The van der Waals surface area contributed by atoms with Crippen molar-refractivity contribution < 1.29 is 17.6 Å². The van der Waals surface area contributed by atoms with Crippen LogP contribution in [0.1, 0.15) is 5.76 Å². The third-order valence-electron chi connectivity index (χ3n) is 2.77. The van der Waals surface area contributed by atoms with Crippen LogP contribution >= 0.6 is 11.6 Å². The van der Waals surface area contributed by atoms with Gasteiger partial charge in [0.1, 0.15) is 16.4 Å². The van der Waals surface area contributed by atoms with E-state index in [1.807, 2.05) is 0 Å². The first-order valence-corrected chi connectivity index (χ1v) is 7.59. The van der Waals surface area contributed by atoms with Gasteiger partial charge < -0.3 is 9.15 Å². The predicted octanol–water partition coefficient (Wildman–Crippen LogP) is 2.76. The second-order valence-corrected chi connectivity index (χ2v) is 6.59. The number of benzene rings is 1. The third kappa shape index (κ3) is 2.98. The third-order valence-corrected chi connectivity index (χ3v) is 4.83. The smallest absolute Gasteiger partial charge is 0.246 e. The minimum Gasteiger partial charge on any atom is -0.495 e. The normalized spacial score (nSPS) is 11.8. The molecule has 0 fully saturated rings. The van der Waals surface area contributed by atoms with Crippen molar-refractivity contribution in [3.05, 3.63) is 47.4 Å². The van der Waals surface area contributed by atoms with E-state index in [4.69, 9.17) is 20.8 Å². The molecule has 1 heterocycles. The SMILES string of the molecule is COc1ccc(Cl)cc1S(=O)(=O)N(C)Cc1ccco1. The van der Waals surface area contributed by atoms with Gasteiger partial charge >= 0.3 is 0 Å². The quantitative estimate of drug-likeness (QED) is 0.851. The molecule has 108 valence electrons. The maximum absolute atomic E-state index is 12.5. The first-order chi connectivity index (χ1) is 9.45. The lowest BCUT2D eigenvalue weighted by atomic mass is 10.3. The van der Waals surface area contributed by atoms with E-state index < -0.39 is 10.0 Å². The number of furan rings is 1. The summed E-state index contributed by atoms with van der Waals surface area (Å²) in [6.07, 6.45) is 1.50. The lowest BCUT2D eigenvalue weighted by Crippen LogP contribution is -2.26. The van der Waals surface area contributed by atoms with Crippen LogP contribution in [0, 0.1) is 0 Å². The van der Waals surface area contributed by atoms with Crippen LogP contribution in [-0.2, 0) is 16.6 Å². The monoisotopic (exact) mass is 315 g/mol. The Bertz CT molecular complexity index is 682. The van der Waals surface area contributed by atoms with E-state index in [0.717, 1.165) is 0 Å². The number of sulfonamides is 1. The molecule has 2 rings (SSSR count). The molecule has 5 nitrogen and oxygen atoms in total. The summed E-state index contributed by atoms with van der Waals surface area (Å²) in [4.78, 5) is 0.0292. The van der Waals surface area contributed by atoms with E-state index in [1.165, 1.54) is 36.9 Å². The number of rotatable bonds is 5. The second-order valence-electron chi connectivity index (χ2n) is 4.14. The Hall–Kier alpha value is -1.50. The highest BCUT2D eigenvalue weighted by Crippen LogP contribution is 2.29. The van der Waals surface area contributed by atoms with Crippen LogP contribution in [0.4, 0.5) is 0 Å². The summed E-state index contributed by atoms with van der Waals surface area (Å²) < 4.78 is 36.5. The molecule has 0 radical (unpaired) electrons. The van der Waals surface area contributed by atoms with Gasteiger partial charge in [-0.25, -0.2) is 8.42 Å². The van der Waals surface area contributed by atoms with Crippen molar-refractivity contribution in [1.82, 2.24) is 4.31 Å². The number of halogens is 1. The molecule has 0 bridgehead atoms. The van der Waals surface area contributed by atoms with Gasteiger partial charge in [0, 0.05) is 12.1 Å². The summed E-state index contributed by atoms with van der Waals surface area (Å²) in [6, 6.07) is 7.88. The highest BCUT2D eigenvalue weighted by atomic mass is 35.5. The first kappa shape index (κ1) is 14.9. The molecule has 0 aliphatic carbocycles. The highest BCUT2D eigenvalue weighted by Gasteiger charge is 2.25. The molecule has 0 spiro atoms. The summed E-state index contributed by atoms with van der Waals surface area (Å²) >= 11 is 5.87. The fraction of sp³-hybridized carbons (Fsp3) is 0.231. The average molecular weight is 316 g/mol. The van der Waals surface area contributed by atoms with Crippen LogP contribution in [0.2, 0.25) is 5.02 Å². The van der Waals surface area contributed by atoms with Gasteiger partial charge in [0.2, 0.25) is 10.0 Å². The van der Waals surface area contributed by atoms with Gasteiger partial charge in [-0.05, 0) is 30.3 Å². The maximum atomic E-state index is 12.5. The van der Waals surface area contributed by atoms with E-state index in [-0.39, 0.29) is 17.2 Å². The van der Waals surface area contributed by atoms with E-state index in [9.17, 15) is 8.42 Å². The Labute approximate surface area is 122 Å². The standard InChI is InChI=1S/C13H14ClNO4S/c1-15(9-11-4-3-7-19-11)20(16,17)13-8-10(14)5-6-12(13)18-2/h3-8H,9H2,1-2H3. The molecule has 0 unspecified atom stereocenters. The van der Waals surface area contributed by atoms with Gasteiger partial charge in [0.25, 0.3) is 0 Å². The van der Waals surface area contributed by atoms with E-state index in [1.54, 1.807) is 18.2 Å². The molecule has 20 heavy (non-hydrogen) atoms. The van der Waals surface area contributed by atoms with Crippen molar-refractivity contribution in [3.8, 4) is 5.75 Å². The molecule has 0 saturated carbocycles.